The summed E-state index contributed by atoms with van der Waals surface area (Å²) >= 11 is 1.45. The quantitative estimate of drug-likeness (QED) is 0.699. The Morgan fingerprint density at radius 1 is 1.36 bits per heavy atom. The highest BCUT2D eigenvalue weighted by Gasteiger charge is 2.21. The van der Waals surface area contributed by atoms with Crippen molar-refractivity contribution < 1.29 is 0 Å². The fraction of sp³-hybridized carbons (Fsp3) is 0.438. The van der Waals surface area contributed by atoms with Crippen molar-refractivity contribution in [2.45, 2.75) is 25.8 Å². The van der Waals surface area contributed by atoms with E-state index in [9.17, 15) is 0 Å². The number of hydrogen-bond acceptors (Lipinski definition) is 8. The van der Waals surface area contributed by atoms with Crippen LogP contribution >= 0.6 is 11.3 Å². The highest BCUT2D eigenvalue weighted by molar-refractivity contribution is 7.13. The zero-order valence-corrected chi connectivity index (χ0v) is 14.6. The van der Waals surface area contributed by atoms with Gasteiger partial charge in [-0.1, -0.05) is 11.3 Å². The number of nitrogens with one attached hydrogen (secondary N) is 2. The molecule has 8 nitrogen and oxygen atoms in total. The van der Waals surface area contributed by atoms with Gasteiger partial charge in [-0.3, -0.25) is 10.00 Å². The third-order valence-electron chi connectivity index (χ3n) is 4.37. The van der Waals surface area contributed by atoms with Gasteiger partial charge in [0.1, 0.15) is 17.7 Å². The Bertz CT molecular complexity index is 773. The van der Waals surface area contributed by atoms with E-state index in [2.05, 4.69) is 40.6 Å². The summed E-state index contributed by atoms with van der Waals surface area (Å²) in [4.78, 5) is 11.2. The number of hydrogen-bond donors (Lipinski definition) is 2. The van der Waals surface area contributed by atoms with E-state index in [0.717, 1.165) is 42.7 Å². The molecule has 1 aliphatic heterocycles. The Morgan fingerprint density at radius 2 is 2.36 bits per heavy atom. The molecule has 130 valence electrons. The smallest absolute Gasteiger partial charge is 0.210 e. The minimum absolute atomic E-state index is 0.612. The lowest BCUT2D eigenvalue weighted by atomic mass is 9.93. The molecule has 1 fully saturated rings. The summed E-state index contributed by atoms with van der Waals surface area (Å²) in [5, 5.41) is 18.8. The van der Waals surface area contributed by atoms with Crippen molar-refractivity contribution in [2.75, 3.05) is 18.4 Å². The van der Waals surface area contributed by atoms with Crippen LogP contribution in [-0.4, -0.2) is 48.4 Å². The Hall–Kier alpha value is -2.39. The maximum Gasteiger partial charge on any atom is 0.210 e. The Kier molecular flexibility index (Phi) is 4.93. The maximum atomic E-state index is 4.45. The molecule has 4 heterocycles. The summed E-state index contributed by atoms with van der Waals surface area (Å²) < 4.78 is 0. The molecule has 1 saturated heterocycles. The molecule has 25 heavy (non-hydrogen) atoms. The van der Waals surface area contributed by atoms with Gasteiger partial charge in [0.25, 0.3) is 0 Å². The van der Waals surface area contributed by atoms with Gasteiger partial charge in [-0.15, -0.1) is 10.2 Å². The van der Waals surface area contributed by atoms with Crippen LogP contribution in [0.3, 0.4) is 0 Å². The second kappa shape index (κ2) is 7.66. The molecule has 0 amide bonds. The Labute approximate surface area is 149 Å². The fourth-order valence-electron chi connectivity index (χ4n) is 3.29. The standard InChI is InChI=1S/C16H20N8S/c1-2-12(8-24(5-1)9-13-3-4-19-22-13)6-14-7-15(18-10-17-14)21-16-23-20-11-25-16/h3-4,7,10-12H,1-2,5-6,8-9H2,(H,19,22)(H,17,18,21,23)/t12-/m0/s1. The number of rotatable bonds is 6. The van der Waals surface area contributed by atoms with Gasteiger partial charge >= 0.3 is 0 Å². The first-order valence-corrected chi connectivity index (χ1v) is 9.28. The molecule has 3 aromatic heterocycles. The summed E-state index contributed by atoms with van der Waals surface area (Å²) in [5.74, 6) is 1.38. The highest BCUT2D eigenvalue weighted by atomic mass is 32.1. The van der Waals surface area contributed by atoms with Crippen LogP contribution in [0.5, 0.6) is 0 Å². The maximum absolute atomic E-state index is 4.45. The average Bonchev–Trinajstić information content (AvgIpc) is 3.30. The first kappa shape index (κ1) is 16.1. The molecule has 0 radical (unpaired) electrons. The van der Waals surface area contributed by atoms with E-state index in [0.29, 0.717) is 5.92 Å². The van der Waals surface area contributed by atoms with E-state index in [1.54, 1.807) is 11.8 Å². The average molecular weight is 356 g/mol. The lowest BCUT2D eigenvalue weighted by molar-refractivity contribution is 0.164. The van der Waals surface area contributed by atoms with Crippen LogP contribution in [0, 0.1) is 5.92 Å². The first-order chi connectivity index (χ1) is 12.3. The molecule has 4 rings (SSSR count). The van der Waals surface area contributed by atoms with Gasteiger partial charge in [0.05, 0.1) is 0 Å². The largest absolute Gasteiger partial charge is 0.315 e. The molecule has 0 saturated carbocycles. The van der Waals surface area contributed by atoms with Gasteiger partial charge < -0.3 is 5.32 Å². The Morgan fingerprint density at radius 3 is 3.20 bits per heavy atom. The highest BCUT2D eigenvalue weighted by Crippen LogP contribution is 2.22. The minimum atomic E-state index is 0.612. The van der Waals surface area contributed by atoms with Gasteiger partial charge in [0.2, 0.25) is 5.13 Å². The van der Waals surface area contributed by atoms with Crippen LogP contribution in [0.15, 0.2) is 30.2 Å². The number of aromatic nitrogens is 6. The fourth-order valence-corrected chi connectivity index (χ4v) is 3.74. The second-order valence-electron chi connectivity index (χ2n) is 6.29. The molecule has 0 bridgehead atoms. The third kappa shape index (κ3) is 4.37. The summed E-state index contributed by atoms with van der Waals surface area (Å²) in [6.45, 7) is 3.16. The molecule has 0 spiro atoms. The van der Waals surface area contributed by atoms with Crippen molar-refractivity contribution in [1.29, 1.82) is 0 Å². The van der Waals surface area contributed by atoms with E-state index < -0.39 is 0 Å². The predicted molar refractivity (Wildman–Crippen MR) is 95.5 cm³/mol. The number of piperidine rings is 1. The van der Waals surface area contributed by atoms with Crippen LogP contribution < -0.4 is 5.32 Å². The van der Waals surface area contributed by atoms with Crippen LogP contribution in [-0.2, 0) is 13.0 Å². The van der Waals surface area contributed by atoms with Gasteiger partial charge in [0, 0.05) is 36.7 Å². The molecule has 3 aromatic rings. The third-order valence-corrected chi connectivity index (χ3v) is 4.98. The monoisotopic (exact) mass is 356 g/mol. The summed E-state index contributed by atoms with van der Waals surface area (Å²) in [5.41, 5.74) is 3.93. The van der Waals surface area contributed by atoms with E-state index in [-0.39, 0.29) is 0 Å². The van der Waals surface area contributed by atoms with E-state index in [1.807, 2.05) is 18.3 Å². The van der Waals surface area contributed by atoms with Crippen molar-refractivity contribution in [3.63, 3.8) is 0 Å². The van der Waals surface area contributed by atoms with Crippen LogP contribution in [0.1, 0.15) is 24.2 Å². The van der Waals surface area contributed by atoms with Crippen molar-refractivity contribution in [1.82, 2.24) is 35.3 Å². The number of H-pyrrole nitrogens is 1. The van der Waals surface area contributed by atoms with Crippen molar-refractivity contribution in [2.24, 2.45) is 5.92 Å². The molecule has 2 N–H and O–H groups in total. The SMILES string of the molecule is c1cc(CN2CCC[C@@H](Cc3cc(Nc4nncs4)ncn3)C2)[nH]n1. The Balaban J connectivity index is 1.36. The predicted octanol–water partition coefficient (Wildman–Crippen LogP) is 2.25. The normalized spacial score (nSPS) is 18.3. The summed E-state index contributed by atoms with van der Waals surface area (Å²) in [6, 6.07) is 4.05. The lowest BCUT2D eigenvalue weighted by Gasteiger charge is -2.32. The van der Waals surface area contributed by atoms with Crippen molar-refractivity contribution >= 4 is 22.3 Å². The number of anilines is 2. The van der Waals surface area contributed by atoms with Crippen LogP contribution in [0.25, 0.3) is 0 Å². The van der Waals surface area contributed by atoms with Crippen molar-refractivity contribution in [3.05, 3.63) is 41.6 Å². The van der Waals surface area contributed by atoms with Crippen LogP contribution in [0.4, 0.5) is 10.9 Å². The van der Waals surface area contributed by atoms with Crippen molar-refractivity contribution in [3.8, 4) is 0 Å². The van der Waals surface area contributed by atoms with E-state index in [4.69, 9.17) is 0 Å². The molecule has 1 aliphatic rings. The number of likely N-dealkylation sites (tertiary alicyclic amines) is 1. The molecule has 0 aromatic carbocycles. The molecule has 0 aliphatic carbocycles. The zero-order chi connectivity index (χ0) is 16.9. The van der Waals surface area contributed by atoms with Gasteiger partial charge in [-0.05, 0) is 37.8 Å². The zero-order valence-electron chi connectivity index (χ0n) is 13.8. The van der Waals surface area contributed by atoms with Gasteiger partial charge in [-0.25, -0.2) is 9.97 Å². The molecular formula is C16H20N8S. The molecule has 9 heteroatoms. The summed E-state index contributed by atoms with van der Waals surface area (Å²) in [7, 11) is 0. The number of nitrogens with zero attached hydrogens (tertiary/aromatic N) is 6. The second-order valence-corrected chi connectivity index (χ2v) is 7.13. The number of aromatic amines is 1. The lowest BCUT2D eigenvalue weighted by Crippen LogP contribution is -2.35. The van der Waals surface area contributed by atoms with Gasteiger partial charge in [-0.2, -0.15) is 5.10 Å². The first-order valence-electron chi connectivity index (χ1n) is 8.40. The minimum Gasteiger partial charge on any atom is -0.315 e. The molecule has 0 unspecified atom stereocenters. The molecule has 1 atom stereocenters. The topological polar surface area (TPSA) is 95.5 Å². The van der Waals surface area contributed by atoms with E-state index >= 15 is 0 Å². The summed E-state index contributed by atoms with van der Waals surface area (Å²) in [6.07, 6.45) is 6.85. The molecular weight excluding hydrogens is 336 g/mol. The van der Waals surface area contributed by atoms with E-state index in [1.165, 1.54) is 29.9 Å². The van der Waals surface area contributed by atoms with Crippen LogP contribution in [0.2, 0.25) is 0 Å². The van der Waals surface area contributed by atoms with Gasteiger partial charge in [0.15, 0.2) is 0 Å².